The Labute approximate surface area is 125 Å². The molecule has 0 aromatic heterocycles. The molecule has 0 radical (unpaired) electrons. The van der Waals surface area contributed by atoms with E-state index < -0.39 is 11.4 Å². The third-order valence-electron chi connectivity index (χ3n) is 4.13. The molecule has 1 aliphatic heterocycles. The Balaban J connectivity index is 2.48. The van der Waals surface area contributed by atoms with E-state index in [0.29, 0.717) is 44.1 Å². The number of carboxylic acid groups (broad SMARTS) is 1. The molecule has 0 saturated carbocycles. The van der Waals surface area contributed by atoms with Gasteiger partial charge in [-0.25, -0.2) is 4.79 Å². The zero-order valence-corrected chi connectivity index (χ0v) is 13.5. The number of carboxylic acids is 1. The fourth-order valence-corrected chi connectivity index (χ4v) is 2.86. The molecule has 1 rings (SSSR count). The van der Waals surface area contributed by atoms with Gasteiger partial charge in [-0.05, 0) is 25.5 Å². The molecular formula is C14H26N2O3S. The van der Waals surface area contributed by atoms with Crippen LogP contribution in [0.5, 0.6) is 0 Å². The van der Waals surface area contributed by atoms with Gasteiger partial charge in [-0.2, -0.15) is 11.8 Å². The zero-order chi connectivity index (χ0) is 15.2. The lowest BCUT2D eigenvalue weighted by Crippen LogP contribution is -2.50. The Hall–Kier alpha value is -0.910. The number of carbonyl (C=O) groups is 2. The Morgan fingerprint density at radius 1 is 1.40 bits per heavy atom. The summed E-state index contributed by atoms with van der Waals surface area (Å²) in [6.45, 7) is 5.79. The molecule has 20 heavy (non-hydrogen) atoms. The van der Waals surface area contributed by atoms with E-state index in [-0.39, 0.29) is 6.03 Å². The summed E-state index contributed by atoms with van der Waals surface area (Å²) in [7, 11) is 0. The van der Waals surface area contributed by atoms with Gasteiger partial charge in [0.15, 0.2) is 0 Å². The van der Waals surface area contributed by atoms with Gasteiger partial charge >= 0.3 is 12.0 Å². The van der Waals surface area contributed by atoms with E-state index in [4.69, 9.17) is 0 Å². The number of piperidine rings is 1. The quantitative estimate of drug-likeness (QED) is 0.790. The SMILES string of the molecule is CCCC1(C(=O)O)CCN(C(=O)NCC(C)SC)CC1. The normalized spacial score (nSPS) is 19.4. The van der Waals surface area contributed by atoms with Crippen molar-refractivity contribution in [1.82, 2.24) is 10.2 Å². The summed E-state index contributed by atoms with van der Waals surface area (Å²) in [5, 5.41) is 12.7. The first-order chi connectivity index (χ1) is 9.45. The Kier molecular flexibility index (Phi) is 6.65. The number of urea groups is 1. The average Bonchev–Trinajstić information content (AvgIpc) is 2.45. The number of hydrogen-bond acceptors (Lipinski definition) is 3. The third-order valence-corrected chi connectivity index (χ3v) is 5.10. The van der Waals surface area contributed by atoms with Gasteiger partial charge in [-0.3, -0.25) is 4.79 Å². The van der Waals surface area contributed by atoms with Crippen LogP contribution in [0, 0.1) is 5.41 Å². The number of nitrogens with one attached hydrogen (secondary N) is 1. The van der Waals surface area contributed by atoms with Crippen LogP contribution in [0.1, 0.15) is 39.5 Å². The number of rotatable bonds is 6. The second-order valence-electron chi connectivity index (χ2n) is 5.55. The molecule has 1 unspecified atom stereocenters. The summed E-state index contributed by atoms with van der Waals surface area (Å²) in [5.74, 6) is -0.713. The van der Waals surface area contributed by atoms with E-state index in [0.717, 1.165) is 6.42 Å². The summed E-state index contributed by atoms with van der Waals surface area (Å²) in [4.78, 5) is 25.2. The highest BCUT2D eigenvalue weighted by molar-refractivity contribution is 7.99. The number of nitrogens with zero attached hydrogens (tertiary/aromatic N) is 1. The predicted octanol–water partition coefficient (Wildman–Crippen LogP) is 2.41. The van der Waals surface area contributed by atoms with Crippen LogP contribution in [0.3, 0.4) is 0 Å². The molecule has 1 aliphatic rings. The van der Waals surface area contributed by atoms with Gasteiger partial charge < -0.3 is 15.3 Å². The van der Waals surface area contributed by atoms with Gasteiger partial charge in [0.2, 0.25) is 0 Å². The molecule has 0 aliphatic carbocycles. The van der Waals surface area contributed by atoms with E-state index in [1.165, 1.54) is 0 Å². The summed E-state index contributed by atoms with van der Waals surface area (Å²) in [5.41, 5.74) is -0.627. The second kappa shape index (κ2) is 7.76. The highest BCUT2D eigenvalue weighted by Gasteiger charge is 2.41. The maximum Gasteiger partial charge on any atom is 0.317 e. The lowest BCUT2D eigenvalue weighted by molar-refractivity contribution is -0.152. The van der Waals surface area contributed by atoms with Crippen molar-refractivity contribution in [3.63, 3.8) is 0 Å². The molecule has 0 bridgehead atoms. The van der Waals surface area contributed by atoms with E-state index in [9.17, 15) is 14.7 Å². The molecule has 5 nitrogen and oxygen atoms in total. The van der Waals surface area contributed by atoms with Crippen LogP contribution >= 0.6 is 11.8 Å². The highest BCUT2D eigenvalue weighted by atomic mass is 32.2. The second-order valence-corrected chi connectivity index (χ2v) is 6.83. The summed E-state index contributed by atoms with van der Waals surface area (Å²) < 4.78 is 0. The van der Waals surface area contributed by atoms with Gasteiger partial charge in [0, 0.05) is 24.9 Å². The first-order valence-corrected chi connectivity index (χ1v) is 8.53. The van der Waals surface area contributed by atoms with Crippen LogP contribution in [-0.4, -0.2) is 53.1 Å². The zero-order valence-electron chi connectivity index (χ0n) is 12.6. The number of thioether (sulfide) groups is 1. The van der Waals surface area contributed by atoms with Crippen molar-refractivity contribution in [1.29, 1.82) is 0 Å². The van der Waals surface area contributed by atoms with Crippen LogP contribution < -0.4 is 5.32 Å². The number of hydrogen-bond donors (Lipinski definition) is 2. The van der Waals surface area contributed by atoms with E-state index >= 15 is 0 Å². The van der Waals surface area contributed by atoms with Crippen LogP contribution in [0.25, 0.3) is 0 Å². The molecule has 0 spiro atoms. The predicted molar refractivity (Wildman–Crippen MR) is 82.2 cm³/mol. The first kappa shape index (κ1) is 17.1. The molecule has 1 atom stereocenters. The van der Waals surface area contributed by atoms with Crippen LogP contribution in [0.2, 0.25) is 0 Å². The molecule has 1 saturated heterocycles. The van der Waals surface area contributed by atoms with Crippen molar-refractivity contribution in [2.75, 3.05) is 25.9 Å². The van der Waals surface area contributed by atoms with Crippen molar-refractivity contribution in [3.05, 3.63) is 0 Å². The lowest BCUT2D eigenvalue weighted by Gasteiger charge is -2.38. The molecular weight excluding hydrogens is 276 g/mol. The monoisotopic (exact) mass is 302 g/mol. The molecule has 2 amide bonds. The van der Waals surface area contributed by atoms with E-state index in [1.54, 1.807) is 16.7 Å². The Morgan fingerprint density at radius 2 is 2.00 bits per heavy atom. The minimum absolute atomic E-state index is 0.0682. The smallest absolute Gasteiger partial charge is 0.317 e. The van der Waals surface area contributed by atoms with Gasteiger partial charge in [0.1, 0.15) is 0 Å². The van der Waals surface area contributed by atoms with Crippen LogP contribution in [-0.2, 0) is 4.79 Å². The minimum atomic E-state index is -0.713. The molecule has 0 aromatic carbocycles. The molecule has 6 heteroatoms. The van der Waals surface area contributed by atoms with Crippen molar-refractivity contribution in [2.45, 2.75) is 44.8 Å². The summed E-state index contributed by atoms with van der Waals surface area (Å²) in [6.07, 6.45) is 4.69. The molecule has 1 heterocycles. The highest BCUT2D eigenvalue weighted by Crippen LogP contribution is 2.36. The maximum absolute atomic E-state index is 12.0. The fourth-order valence-electron chi connectivity index (χ4n) is 2.61. The standard InChI is InChI=1S/C14H26N2O3S/c1-4-5-14(12(17)18)6-8-16(9-7-14)13(19)15-10-11(2)20-3/h11H,4-10H2,1-3H3,(H,15,19)(H,17,18). The summed E-state index contributed by atoms with van der Waals surface area (Å²) in [6, 6.07) is -0.0682. The molecule has 0 aromatic rings. The van der Waals surface area contributed by atoms with Crippen molar-refractivity contribution in [3.8, 4) is 0 Å². The largest absolute Gasteiger partial charge is 0.481 e. The first-order valence-electron chi connectivity index (χ1n) is 7.24. The van der Waals surface area contributed by atoms with E-state index in [2.05, 4.69) is 12.2 Å². The van der Waals surface area contributed by atoms with Gasteiger partial charge in [0.25, 0.3) is 0 Å². The number of amides is 2. The minimum Gasteiger partial charge on any atom is -0.481 e. The average molecular weight is 302 g/mol. The number of likely N-dealkylation sites (tertiary alicyclic amines) is 1. The third kappa shape index (κ3) is 4.30. The molecule has 116 valence electrons. The fraction of sp³-hybridized carbons (Fsp3) is 0.857. The Morgan fingerprint density at radius 3 is 2.45 bits per heavy atom. The van der Waals surface area contributed by atoms with Crippen molar-refractivity contribution < 1.29 is 14.7 Å². The number of carbonyl (C=O) groups excluding carboxylic acids is 1. The maximum atomic E-state index is 12.0. The van der Waals surface area contributed by atoms with Gasteiger partial charge in [0.05, 0.1) is 5.41 Å². The topological polar surface area (TPSA) is 69.6 Å². The van der Waals surface area contributed by atoms with Crippen molar-refractivity contribution in [2.24, 2.45) is 5.41 Å². The van der Waals surface area contributed by atoms with Crippen molar-refractivity contribution >= 4 is 23.8 Å². The Bertz CT molecular complexity index is 341. The van der Waals surface area contributed by atoms with Crippen LogP contribution in [0.4, 0.5) is 4.79 Å². The van der Waals surface area contributed by atoms with Gasteiger partial charge in [-0.1, -0.05) is 20.3 Å². The molecule has 1 fully saturated rings. The summed E-state index contributed by atoms with van der Waals surface area (Å²) >= 11 is 1.71. The molecule has 2 N–H and O–H groups in total. The van der Waals surface area contributed by atoms with Crippen LogP contribution in [0.15, 0.2) is 0 Å². The van der Waals surface area contributed by atoms with E-state index in [1.807, 2.05) is 13.2 Å². The van der Waals surface area contributed by atoms with Gasteiger partial charge in [-0.15, -0.1) is 0 Å². The lowest BCUT2D eigenvalue weighted by atomic mass is 9.75. The number of aliphatic carboxylic acids is 1.